The van der Waals surface area contributed by atoms with Gasteiger partial charge in [0.05, 0.1) is 0 Å². The van der Waals surface area contributed by atoms with Gasteiger partial charge >= 0.3 is 0 Å². The standard InChI is InChI=1S/C15H15BrClN3/c16-12-7-10(17)5-6-11(12)15-19-13(8-14(18)20-15)9-3-1-2-4-9/h5-9H,1-4H2,(H2,18,19,20). The SMILES string of the molecule is Nc1cc(C2CCCC2)nc(-c2ccc(Cl)cc2Br)n1. The molecular formula is C15H15BrClN3. The lowest BCUT2D eigenvalue weighted by Gasteiger charge is -2.12. The Morgan fingerprint density at radius 2 is 1.90 bits per heavy atom. The van der Waals surface area contributed by atoms with Crippen LogP contribution in [0.3, 0.4) is 0 Å². The van der Waals surface area contributed by atoms with Crippen molar-refractivity contribution < 1.29 is 0 Å². The van der Waals surface area contributed by atoms with Gasteiger partial charge in [0.15, 0.2) is 5.82 Å². The molecule has 3 rings (SSSR count). The molecule has 1 fully saturated rings. The fraction of sp³-hybridized carbons (Fsp3) is 0.333. The van der Waals surface area contributed by atoms with E-state index in [9.17, 15) is 0 Å². The third kappa shape index (κ3) is 2.81. The molecule has 2 aromatic rings. The number of hydrogen-bond donors (Lipinski definition) is 1. The molecule has 0 amide bonds. The minimum absolute atomic E-state index is 0.519. The van der Waals surface area contributed by atoms with E-state index in [0.29, 0.717) is 22.6 Å². The molecule has 0 aliphatic heterocycles. The van der Waals surface area contributed by atoms with Gasteiger partial charge in [-0.05, 0) is 47.0 Å². The minimum Gasteiger partial charge on any atom is -0.384 e. The highest BCUT2D eigenvalue weighted by Gasteiger charge is 2.20. The first-order chi connectivity index (χ1) is 9.63. The first-order valence-corrected chi connectivity index (χ1v) is 7.90. The summed E-state index contributed by atoms with van der Waals surface area (Å²) in [6.45, 7) is 0. The second-order valence-corrected chi connectivity index (χ2v) is 6.44. The lowest BCUT2D eigenvalue weighted by atomic mass is 10.0. The Hall–Kier alpha value is -1.13. The number of aromatic nitrogens is 2. The second-order valence-electron chi connectivity index (χ2n) is 5.15. The van der Waals surface area contributed by atoms with Crippen molar-refractivity contribution in [3.63, 3.8) is 0 Å². The molecule has 0 radical (unpaired) electrons. The molecule has 1 aliphatic carbocycles. The normalized spacial score (nSPS) is 15.7. The number of nitrogens with zero attached hydrogens (tertiary/aromatic N) is 2. The number of anilines is 1. The van der Waals surface area contributed by atoms with E-state index in [2.05, 4.69) is 20.9 Å². The van der Waals surface area contributed by atoms with Crippen molar-refractivity contribution >= 4 is 33.3 Å². The number of nitrogens with two attached hydrogens (primary N) is 1. The molecule has 1 aliphatic rings. The quantitative estimate of drug-likeness (QED) is 0.844. The van der Waals surface area contributed by atoms with E-state index in [1.165, 1.54) is 25.7 Å². The molecule has 5 heteroatoms. The molecule has 3 nitrogen and oxygen atoms in total. The number of benzene rings is 1. The molecule has 20 heavy (non-hydrogen) atoms. The van der Waals surface area contributed by atoms with Crippen LogP contribution in [-0.4, -0.2) is 9.97 Å². The lowest BCUT2D eigenvalue weighted by Crippen LogP contribution is -2.03. The van der Waals surface area contributed by atoms with Crippen LogP contribution in [-0.2, 0) is 0 Å². The molecule has 1 saturated carbocycles. The molecule has 0 bridgehead atoms. The van der Waals surface area contributed by atoms with Crippen LogP contribution in [0.5, 0.6) is 0 Å². The van der Waals surface area contributed by atoms with E-state index >= 15 is 0 Å². The molecular weight excluding hydrogens is 338 g/mol. The fourth-order valence-electron chi connectivity index (χ4n) is 2.71. The van der Waals surface area contributed by atoms with E-state index in [1.807, 2.05) is 24.3 Å². The van der Waals surface area contributed by atoms with Crippen LogP contribution in [0.25, 0.3) is 11.4 Å². The Morgan fingerprint density at radius 3 is 2.60 bits per heavy atom. The Kier molecular flexibility index (Phi) is 3.94. The Labute approximate surface area is 131 Å². The van der Waals surface area contributed by atoms with Crippen LogP contribution in [0.2, 0.25) is 5.02 Å². The summed E-state index contributed by atoms with van der Waals surface area (Å²) in [6, 6.07) is 7.51. The summed E-state index contributed by atoms with van der Waals surface area (Å²) < 4.78 is 0.882. The highest BCUT2D eigenvalue weighted by molar-refractivity contribution is 9.10. The summed E-state index contributed by atoms with van der Waals surface area (Å²) in [5.74, 6) is 1.71. The van der Waals surface area contributed by atoms with Gasteiger partial charge in [-0.25, -0.2) is 9.97 Å². The van der Waals surface area contributed by atoms with E-state index in [4.69, 9.17) is 22.3 Å². The first-order valence-electron chi connectivity index (χ1n) is 6.73. The van der Waals surface area contributed by atoms with Crippen molar-refractivity contribution in [1.29, 1.82) is 0 Å². The largest absolute Gasteiger partial charge is 0.384 e. The Morgan fingerprint density at radius 1 is 1.15 bits per heavy atom. The minimum atomic E-state index is 0.519. The Bertz CT molecular complexity index is 639. The molecule has 1 aromatic heterocycles. The zero-order valence-corrected chi connectivity index (χ0v) is 13.3. The van der Waals surface area contributed by atoms with Gasteiger partial charge in [0.1, 0.15) is 5.82 Å². The van der Waals surface area contributed by atoms with Gasteiger partial charge in [-0.15, -0.1) is 0 Å². The topological polar surface area (TPSA) is 51.8 Å². The van der Waals surface area contributed by atoms with Crippen LogP contribution in [0.15, 0.2) is 28.7 Å². The van der Waals surface area contributed by atoms with Gasteiger partial charge in [0.25, 0.3) is 0 Å². The van der Waals surface area contributed by atoms with Crippen LogP contribution in [0, 0.1) is 0 Å². The maximum Gasteiger partial charge on any atom is 0.162 e. The number of hydrogen-bond acceptors (Lipinski definition) is 3. The number of rotatable bonds is 2. The predicted octanol–water partition coefficient (Wildman–Crippen LogP) is 4.80. The number of halogens is 2. The van der Waals surface area contributed by atoms with Crippen molar-refractivity contribution in [2.75, 3.05) is 5.73 Å². The zero-order chi connectivity index (χ0) is 14.1. The van der Waals surface area contributed by atoms with E-state index in [0.717, 1.165) is 15.7 Å². The molecule has 1 heterocycles. The predicted molar refractivity (Wildman–Crippen MR) is 85.8 cm³/mol. The van der Waals surface area contributed by atoms with Crippen LogP contribution < -0.4 is 5.73 Å². The second kappa shape index (κ2) is 5.70. The van der Waals surface area contributed by atoms with Gasteiger partial charge in [0, 0.05) is 32.7 Å². The number of nitrogen functional groups attached to an aromatic ring is 1. The third-order valence-electron chi connectivity index (χ3n) is 3.71. The fourth-order valence-corrected chi connectivity index (χ4v) is 3.57. The van der Waals surface area contributed by atoms with E-state index in [-0.39, 0.29) is 0 Å². The molecule has 2 N–H and O–H groups in total. The van der Waals surface area contributed by atoms with Crippen LogP contribution in [0.4, 0.5) is 5.82 Å². The molecule has 1 aromatic carbocycles. The van der Waals surface area contributed by atoms with Gasteiger partial charge in [-0.1, -0.05) is 24.4 Å². The van der Waals surface area contributed by atoms with Crippen LogP contribution in [0.1, 0.15) is 37.3 Å². The summed E-state index contributed by atoms with van der Waals surface area (Å²) in [6.07, 6.45) is 4.93. The molecule has 0 spiro atoms. The maximum absolute atomic E-state index is 5.98. The summed E-state index contributed by atoms with van der Waals surface area (Å²) in [5, 5.41) is 0.681. The lowest BCUT2D eigenvalue weighted by molar-refractivity contribution is 0.696. The summed E-state index contributed by atoms with van der Waals surface area (Å²) in [5.41, 5.74) is 7.93. The third-order valence-corrected chi connectivity index (χ3v) is 4.60. The summed E-state index contributed by atoms with van der Waals surface area (Å²) >= 11 is 9.49. The van der Waals surface area contributed by atoms with Crippen molar-refractivity contribution in [1.82, 2.24) is 9.97 Å². The molecule has 0 saturated heterocycles. The highest BCUT2D eigenvalue weighted by Crippen LogP contribution is 2.35. The Balaban J connectivity index is 2.04. The summed E-state index contributed by atoms with van der Waals surface area (Å²) in [4.78, 5) is 9.07. The molecule has 0 atom stereocenters. The highest BCUT2D eigenvalue weighted by atomic mass is 79.9. The van der Waals surface area contributed by atoms with Crippen molar-refractivity contribution in [3.8, 4) is 11.4 Å². The zero-order valence-electron chi connectivity index (χ0n) is 10.9. The monoisotopic (exact) mass is 351 g/mol. The summed E-state index contributed by atoms with van der Waals surface area (Å²) in [7, 11) is 0. The van der Waals surface area contributed by atoms with E-state index in [1.54, 1.807) is 0 Å². The van der Waals surface area contributed by atoms with Crippen LogP contribution >= 0.6 is 27.5 Å². The first kappa shape index (κ1) is 13.8. The van der Waals surface area contributed by atoms with Gasteiger partial charge < -0.3 is 5.73 Å². The van der Waals surface area contributed by atoms with Gasteiger partial charge in [-0.2, -0.15) is 0 Å². The maximum atomic E-state index is 5.98. The smallest absolute Gasteiger partial charge is 0.162 e. The van der Waals surface area contributed by atoms with Crippen molar-refractivity contribution in [3.05, 3.63) is 39.5 Å². The van der Waals surface area contributed by atoms with Crippen molar-refractivity contribution in [2.45, 2.75) is 31.6 Å². The molecule has 104 valence electrons. The van der Waals surface area contributed by atoms with Crippen molar-refractivity contribution in [2.24, 2.45) is 0 Å². The van der Waals surface area contributed by atoms with Gasteiger partial charge in [-0.3, -0.25) is 0 Å². The van der Waals surface area contributed by atoms with Gasteiger partial charge in [0.2, 0.25) is 0 Å². The average molecular weight is 353 g/mol. The molecule has 0 unspecified atom stereocenters. The average Bonchev–Trinajstić information content (AvgIpc) is 2.91. The van der Waals surface area contributed by atoms with E-state index < -0.39 is 0 Å².